The highest BCUT2D eigenvalue weighted by atomic mass is 31.1. The fourth-order valence-electron chi connectivity index (χ4n) is 4.13. The fourth-order valence-corrected chi connectivity index (χ4v) is 7.97. The Labute approximate surface area is 126 Å². The third-order valence-electron chi connectivity index (χ3n) is 5.27. The maximum absolute atomic E-state index is 2.56. The molecular weight excluding hydrogens is 259 g/mol. The Bertz CT molecular complexity index is 409. The van der Waals surface area contributed by atoms with Gasteiger partial charge in [-0.2, -0.15) is 0 Å². The zero-order valence-corrected chi connectivity index (χ0v) is 14.0. The Morgan fingerprint density at radius 3 is 1.95 bits per heavy atom. The van der Waals surface area contributed by atoms with E-state index in [4.69, 9.17) is 0 Å². The molecule has 2 fully saturated rings. The maximum Gasteiger partial charge on any atom is -0.0166 e. The van der Waals surface area contributed by atoms with E-state index in [0.29, 0.717) is 5.92 Å². The Kier molecular flexibility index (Phi) is 4.82. The summed E-state index contributed by atoms with van der Waals surface area (Å²) in [6.45, 7) is 4.65. The molecule has 3 rings (SSSR count). The molecule has 0 nitrogen and oxygen atoms in total. The first kappa shape index (κ1) is 14.6. The van der Waals surface area contributed by atoms with Gasteiger partial charge < -0.3 is 0 Å². The lowest BCUT2D eigenvalue weighted by Crippen LogP contribution is -2.19. The van der Waals surface area contributed by atoms with E-state index in [1.807, 2.05) is 0 Å². The Morgan fingerprint density at radius 2 is 1.45 bits per heavy atom. The van der Waals surface area contributed by atoms with Crippen LogP contribution in [0.1, 0.15) is 76.7 Å². The summed E-state index contributed by atoms with van der Waals surface area (Å²) in [6, 6.07) is 9.66. The molecule has 0 atom stereocenters. The van der Waals surface area contributed by atoms with Gasteiger partial charge in [-0.25, -0.2) is 0 Å². The van der Waals surface area contributed by atoms with Gasteiger partial charge in [0.1, 0.15) is 0 Å². The molecule has 0 saturated heterocycles. The summed E-state index contributed by atoms with van der Waals surface area (Å²) in [6.07, 6.45) is 12.0. The summed E-state index contributed by atoms with van der Waals surface area (Å²) < 4.78 is 0. The molecule has 2 saturated carbocycles. The van der Waals surface area contributed by atoms with Gasteiger partial charge in [0.2, 0.25) is 0 Å². The predicted octanol–water partition coefficient (Wildman–Crippen LogP) is 5.80. The van der Waals surface area contributed by atoms with Crippen molar-refractivity contribution in [3.63, 3.8) is 0 Å². The van der Waals surface area contributed by atoms with Crippen LogP contribution in [-0.4, -0.2) is 11.3 Å². The van der Waals surface area contributed by atoms with Crippen LogP contribution >= 0.6 is 7.92 Å². The highest BCUT2D eigenvalue weighted by molar-refractivity contribution is 7.67. The average Bonchev–Trinajstić information content (AvgIpc) is 3.13. The Hall–Kier alpha value is -0.350. The minimum absolute atomic E-state index is 0.101. The van der Waals surface area contributed by atoms with Crippen molar-refractivity contribution in [2.75, 3.05) is 0 Å². The SMILES string of the molecule is CC(C)c1cccc(P(C2CCCC2)C2CCCC2)c1. The van der Waals surface area contributed by atoms with Crippen molar-refractivity contribution >= 4 is 13.2 Å². The lowest BCUT2D eigenvalue weighted by atomic mass is 10.0. The predicted molar refractivity (Wildman–Crippen MR) is 91.6 cm³/mol. The van der Waals surface area contributed by atoms with E-state index in [0.717, 1.165) is 11.3 Å². The summed E-state index contributed by atoms with van der Waals surface area (Å²) in [7, 11) is 0.101. The molecule has 0 unspecified atom stereocenters. The van der Waals surface area contributed by atoms with Crippen LogP contribution in [0.25, 0.3) is 0 Å². The maximum atomic E-state index is 2.56. The van der Waals surface area contributed by atoms with Crippen LogP contribution in [0.3, 0.4) is 0 Å². The zero-order valence-electron chi connectivity index (χ0n) is 13.1. The molecule has 0 aromatic heterocycles. The molecule has 0 aliphatic heterocycles. The molecule has 0 radical (unpaired) electrons. The molecule has 0 spiro atoms. The van der Waals surface area contributed by atoms with Crippen molar-refractivity contribution in [1.82, 2.24) is 0 Å². The molecule has 2 aliphatic rings. The van der Waals surface area contributed by atoms with Gasteiger partial charge in [0.15, 0.2) is 0 Å². The highest BCUT2D eigenvalue weighted by Crippen LogP contribution is 2.56. The lowest BCUT2D eigenvalue weighted by molar-refractivity contribution is 0.834. The summed E-state index contributed by atoms with van der Waals surface area (Å²) in [5, 5.41) is 1.73. The molecule has 1 heteroatoms. The third-order valence-corrected chi connectivity index (χ3v) is 8.75. The van der Waals surface area contributed by atoms with E-state index >= 15 is 0 Å². The van der Waals surface area contributed by atoms with Crippen LogP contribution in [0, 0.1) is 0 Å². The largest absolute Gasteiger partial charge is 0.0690 e. The second-order valence-corrected chi connectivity index (χ2v) is 9.83. The lowest BCUT2D eigenvalue weighted by Gasteiger charge is -2.31. The van der Waals surface area contributed by atoms with E-state index in [2.05, 4.69) is 38.1 Å². The van der Waals surface area contributed by atoms with Crippen LogP contribution in [0.2, 0.25) is 0 Å². The fraction of sp³-hybridized carbons (Fsp3) is 0.684. The molecule has 1 aromatic rings. The topological polar surface area (TPSA) is 0 Å². The first-order valence-corrected chi connectivity index (χ1v) is 10.1. The van der Waals surface area contributed by atoms with Gasteiger partial charge in [0.25, 0.3) is 0 Å². The van der Waals surface area contributed by atoms with Crippen molar-refractivity contribution in [2.45, 2.75) is 82.4 Å². The Morgan fingerprint density at radius 1 is 0.900 bits per heavy atom. The molecule has 0 amide bonds. The van der Waals surface area contributed by atoms with Gasteiger partial charge in [-0.1, -0.05) is 71.7 Å². The minimum atomic E-state index is 0.101. The van der Waals surface area contributed by atoms with Crippen LogP contribution in [0.4, 0.5) is 0 Å². The van der Waals surface area contributed by atoms with Gasteiger partial charge in [0, 0.05) is 0 Å². The van der Waals surface area contributed by atoms with Gasteiger partial charge in [0.05, 0.1) is 0 Å². The van der Waals surface area contributed by atoms with Gasteiger partial charge in [-0.05, 0) is 53.8 Å². The zero-order chi connectivity index (χ0) is 13.9. The van der Waals surface area contributed by atoms with E-state index in [9.17, 15) is 0 Å². The molecule has 1 aromatic carbocycles. The molecular formula is C19H29P. The highest BCUT2D eigenvalue weighted by Gasteiger charge is 2.33. The number of hydrogen-bond acceptors (Lipinski definition) is 0. The van der Waals surface area contributed by atoms with E-state index < -0.39 is 0 Å². The first-order chi connectivity index (χ1) is 9.75. The molecule has 20 heavy (non-hydrogen) atoms. The van der Waals surface area contributed by atoms with Gasteiger partial charge in [-0.3, -0.25) is 0 Å². The summed E-state index contributed by atoms with van der Waals surface area (Å²) in [4.78, 5) is 0. The van der Waals surface area contributed by atoms with Crippen LogP contribution in [0.15, 0.2) is 24.3 Å². The standard InChI is InChI=1S/C19H29P/c1-15(2)16-8-7-13-19(14-16)20(17-9-3-4-10-17)18-11-5-6-12-18/h7-8,13-15,17-18H,3-6,9-12H2,1-2H3. The molecule has 2 aliphatic carbocycles. The quantitative estimate of drug-likeness (QED) is 0.614. The molecule has 110 valence electrons. The second-order valence-electron chi connectivity index (χ2n) is 7.03. The first-order valence-electron chi connectivity index (χ1n) is 8.64. The van der Waals surface area contributed by atoms with Gasteiger partial charge in [-0.15, -0.1) is 0 Å². The van der Waals surface area contributed by atoms with E-state index in [1.165, 1.54) is 51.4 Å². The smallest absolute Gasteiger partial charge is 0.0166 e. The number of hydrogen-bond donors (Lipinski definition) is 0. The van der Waals surface area contributed by atoms with Crippen molar-refractivity contribution in [3.05, 3.63) is 29.8 Å². The van der Waals surface area contributed by atoms with Crippen LogP contribution in [-0.2, 0) is 0 Å². The molecule has 0 heterocycles. The van der Waals surface area contributed by atoms with Crippen LogP contribution < -0.4 is 5.30 Å². The van der Waals surface area contributed by atoms with E-state index in [1.54, 1.807) is 10.9 Å². The Balaban J connectivity index is 1.89. The van der Waals surface area contributed by atoms with Crippen molar-refractivity contribution < 1.29 is 0 Å². The van der Waals surface area contributed by atoms with Crippen molar-refractivity contribution in [2.24, 2.45) is 0 Å². The minimum Gasteiger partial charge on any atom is -0.0690 e. The van der Waals surface area contributed by atoms with Crippen LogP contribution in [0.5, 0.6) is 0 Å². The number of benzene rings is 1. The summed E-state index contributed by atoms with van der Waals surface area (Å²) in [5.41, 5.74) is 3.62. The number of rotatable bonds is 4. The second kappa shape index (κ2) is 6.61. The molecule has 0 N–H and O–H groups in total. The van der Waals surface area contributed by atoms with Crippen molar-refractivity contribution in [1.29, 1.82) is 0 Å². The normalized spacial score (nSPS) is 21.4. The molecule has 0 bridgehead atoms. The summed E-state index contributed by atoms with van der Waals surface area (Å²) in [5.74, 6) is 0.666. The van der Waals surface area contributed by atoms with Crippen molar-refractivity contribution in [3.8, 4) is 0 Å². The average molecular weight is 288 g/mol. The van der Waals surface area contributed by atoms with Gasteiger partial charge >= 0.3 is 0 Å². The van der Waals surface area contributed by atoms with E-state index in [-0.39, 0.29) is 7.92 Å². The summed E-state index contributed by atoms with van der Waals surface area (Å²) >= 11 is 0. The third kappa shape index (κ3) is 3.11. The monoisotopic (exact) mass is 288 g/mol.